The standard InChI is InChI=1S/C17H23N/c1-4-6-16(5-2)18-17-11-15(12-17)14-9-7-13(3)8-10-14/h1,7-10,15-18H,5-6,11-12H2,2-3H3/t15?,16-,17?/m0/s1. The molecule has 1 aromatic carbocycles. The Kier molecular flexibility index (Phi) is 4.44. The Morgan fingerprint density at radius 3 is 2.56 bits per heavy atom. The van der Waals surface area contributed by atoms with Gasteiger partial charge in [0.15, 0.2) is 0 Å². The molecular weight excluding hydrogens is 218 g/mol. The predicted molar refractivity (Wildman–Crippen MR) is 77.6 cm³/mol. The van der Waals surface area contributed by atoms with Crippen molar-refractivity contribution in [3.8, 4) is 12.3 Å². The topological polar surface area (TPSA) is 12.0 Å². The molecule has 1 aliphatic carbocycles. The van der Waals surface area contributed by atoms with Crippen LogP contribution in [0.1, 0.15) is 49.7 Å². The lowest BCUT2D eigenvalue weighted by atomic mass is 9.75. The lowest BCUT2D eigenvalue weighted by Gasteiger charge is -2.38. The summed E-state index contributed by atoms with van der Waals surface area (Å²) in [6, 6.07) is 10.1. The molecule has 0 bridgehead atoms. The van der Waals surface area contributed by atoms with Gasteiger partial charge >= 0.3 is 0 Å². The molecule has 1 aliphatic rings. The Morgan fingerprint density at radius 1 is 1.33 bits per heavy atom. The Balaban J connectivity index is 1.80. The maximum Gasteiger partial charge on any atom is 0.0240 e. The molecule has 0 aliphatic heterocycles. The van der Waals surface area contributed by atoms with Gasteiger partial charge < -0.3 is 5.32 Å². The first-order chi connectivity index (χ1) is 8.72. The van der Waals surface area contributed by atoms with Crippen LogP contribution in [0, 0.1) is 19.3 Å². The van der Waals surface area contributed by atoms with E-state index in [1.165, 1.54) is 24.0 Å². The lowest BCUT2D eigenvalue weighted by molar-refractivity contribution is 0.262. The van der Waals surface area contributed by atoms with Crippen molar-refractivity contribution in [1.29, 1.82) is 0 Å². The van der Waals surface area contributed by atoms with Crippen LogP contribution >= 0.6 is 0 Å². The zero-order valence-corrected chi connectivity index (χ0v) is 11.4. The molecule has 1 N–H and O–H groups in total. The number of terminal acetylenes is 1. The fourth-order valence-corrected chi connectivity index (χ4v) is 2.66. The molecule has 96 valence electrons. The molecule has 0 amide bonds. The monoisotopic (exact) mass is 241 g/mol. The van der Waals surface area contributed by atoms with Gasteiger partial charge in [-0.2, -0.15) is 0 Å². The summed E-state index contributed by atoms with van der Waals surface area (Å²) >= 11 is 0. The highest BCUT2D eigenvalue weighted by Gasteiger charge is 2.30. The number of hydrogen-bond acceptors (Lipinski definition) is 1. The molecule has 0 saturated heterocycles. The van der Waals surface area contributed by atoms with Crippen LogP contribution in [0.25, 0.3) is 0 Å². The number of nitrogens with one attached hydrogen (secondary N) is 1. The first-order valence-corrected chi connectivity index (χ1v) is 6.99. The maximum atomic E-state index is 5.38. The molecule has 1 nitrogen and oxygen atoms in total. The van der Waals surface area contributed by atoms with Crippen molar-refractivity contribution in [3.63, 3.8) is 0 Å². The van der Waals surface area contributed by atoms with Gasteiger partial charge in [0.2, 0.25) is 0 Å². The molecule has 2 rings (SSSR count). The third-order valence-corrected chi connectivity index (χ3v) is 4.02. The molecule has 1 atom stereocenters. The molecule has 0 unspecified atom stereocenters. The third-order valence-electron chi connectivity index (χ3n) is 4.02. The van der Waals surface area contributed by atoms with Crippen molar-refractivity contribution < 1.29 is 0 Å². The fourth-order valence-electron chi connectivity index (χ4n) is 2.66. The summed E-state index contributed by atoms with van der Waals surface area (Å²) in [5, 5.41) is 3.67. The quantitative estimate of drug-likeness (QED) is 0.776. The molecule has 1 aromatic rings. The van der Waals surface area contributed by atoms with Crippen LogP contribution in [0.2, 0.25) is 0 Å². The maximum absolute atomic E-state index is 5.38. The number of hydrogen-bond donors (Lipinski definition) is 1. The highest BCUT2D eigenvalue weighted by atomic mass is 15.0. The third kappa shape index (κ3) is 3.15. The Morgan fingerprint density at radius 2 is 2.00 bits per heavy atom. The largest absolute Gasteiger partial charge is 0.310 e. The molecule has 1 saturated carbocycles. The summed E-state index contributed by atoms with van der Waals surface area (Å²) in [6.07, 6.45) is 9.86. The summed E-state index contributed by atoms with van der Waals surface area (Å²) in [6.45, 7) is 4.34. The van der Waals surface area contributed by atoms with E-state index >= 15 is 0 Å². The van der Waals surface area contributed by atoms with E-state index in [-0.39, 0.29) is 0 Å². The molecule has 0 heterocycles. The zero-order chi connectivity index (χ0) is 13.0. The first kappa shape index (κ1) is 13.2. The van der Waals surface area contributed by atoms with E-state index in [0.717, 1.165) is 18.8 Å². The van der Waals surface area contributed by atoms with Gasteiger partial charge in [0.25, 0.3) is 0 Å². The Labute approximate surface area is 111 Å². The molecule has 1 heteroatoms. The smallest absolute Gasteiger partial charge is 0.0240 e. The van der Waals surface area contributed by atoms with Crippen molar-refractivity contribution in [1.82, 2.24) is 5.32 Å². The number of aryl methyl sites for hydroxylation is 1. The van der Waals surface area contributed by atoms with Crippen molar-refractivity contribution in [2.24, 2.45) is 0 Å². The van der Waals surface area contributed by atoms with E-state index in [1.807, 2.05) is 0 Å². The van der Waals surface area contributed by atoms with Crippen molar-refractivity contribution in [3.05, 3.63) is 35.4 Å². The van der Waals surface area contributed by atoms with Gasteiger partial charge in [-0.1, -0.05) is 36.8 Å². The molecular formula is C17H23N. The van der Waals surface area contributed by atoms with Crippen molar-refractivity contribution >= 4 is 0 Å². The van der Waals surface area contributed by atoms with Gasteiger partial charge in [-0.15, -0.1) is 12.3 Å². The van der Waals surface area contributed by atoms with Crippen LogP contribution in [-0.4, -0.2) is 12.1 Å². The highest BCUT2D eigenvalue weighted by Crippen LogP contribution is 2.37. The number of rotatable bonds is 5. The molecule has 0 aromatic heterocycles. The normalized spacial score (nSPS) is 24.1. The second-order valence-electron chi connectivity index (χ2n) is 5.46. The molecule has 0 spiro atoms. The van der Waals surface area contributed by atoms with Crippen LogP contribution in [0.15, 0.2) is 24.3 Å². The van der Waals surface area contributed by atoms with Crippen LogP contribution in [-0.2, 0) is 0 Å². The van der Waals surface area contributed by atoms with Gasteiger partial charge in [-0.05, 0) is 37.7 Å². The second-order valence-corrected chi connectivity index (χ2v) is 5.46. The van der Waals surface area contributed by atoms with Gasteiger partial charge in [0, 0.05) is 18.5 Å². The predicted octanol–water partition coefficient (Wildman–Crippen LogP) is 3.63. The average Bonchev–Trinajstić information content (AvgIpc) is 2.33. The van der Waals surface area contributed by atoms with E-state index in [4.69, 9.17) is 6.42 Å². The Bertz CT molecular complexity index is 406. The van der Waals surface area contributed by atoms with E-state index in [2.05, 4.69) is 49.4 Å². The summed E-state index contributed by atoms with van der Waals surface area (Å²) in [5.74, 6) is 3.50. The summed E-state index contributed by atoms with van der Waals surface area (Å²) in [4.78, 5) is 0. The van der Waals surface area contributed by atoms with E-state index in [1.54, 1.807) is 0 Å². The van der Waals surface area contributed by atoms with Crippen LogP contribution in [0.4, 0.5) is 0 Å². The van der Waals surface area contributed by atoms with Crippen molar-refractivity contribution in [2.75, 3.05) is 0 Å². The molecule has 0 radical (unpaired) electrons. The van der Waals surface area contributed by atoms with Crippen LogP contribution in [0.5, 0.6) is 0 Å². The second kappa shape index (κ2) is 6.07. The minimum atomic E-state index is 0.499. The van der Waals surface area contributed by atoms with E-state index in [9.17, 15) is 0 Å². The summed E-state index contributed by atoms with van der Waals surface area (Å²) in [5.41, 5.74) is 2.83. The minimum Gasteiger partial charge on any atom is -0.310 e. The van der Waals surface area contributed by atoms with Crippen molar-refractivity contribution in [2.45, 2.75) is 57.5 Å². The lowest BCUT2D eigenvalue weighted by Crippen LogP contribution is -2.45. The first-order valence-electron chi connectivity index (χ1n) is 6.99. The van der Waals surface area contributed by atoms with Crippen LogP contribution < -0.4 is 5.32 Å². The van der Waals surface area contributed by atoms with Gasteiger partial charge in [-0.3, -0.25) is 0 Å². The summed E-state index contributed by atoms with van der Waals surface area (Å²) in [7, 11) is 0. The Hall–Kier alpha value is -1.26. The van der Waals surface area contributed by atoms with Gasteiger partial charge in [0.1, 0.15) is 0 Å². The van der Waals surface area contributed by atoms with Crippen LogP contribution in [0.3, 0.4) is 0 Å². The van der Waals surface area contributed by atoms with E-state index < -0.39 is 0 Å². The number of benzene rings is 1. The fraction of sp³-hybridized carbons (Fsp3) is 0.529. The van der Waals surface area contributed by atoms with E-state index in [0.29, 0.717) is 12.1 Å². The van der Waals surface area contributed by atoms with Gasteiger partial charge in [0.05, 0.1) is 0 Å². The average molecular weight is 241 g/mol. The SMILES string of the molecule is C#CC[C@H](CC)NC1CC(c2ccc(C)cc2)C1. The zero-order valence-electron chi connectivity index (χ0n) is 11.4. The minimum absolute atomic E-state index is 0.499. The summed E-state index contributed by atoms with van der Waals surface area (Å²) < 4.78 is 0. The highest BCUT2D eigenvalue weighted by molar-refractivity contribution is 5.26. The van der Waals surface area contributed by atoms with Gasteiger partial charge in [-0.25, -0.2) is 0 Å². The molecule has 18 heavy (non-hydrogen) atoms. The molecule has 1 fully saturated rings.